The van der Waals surface area contributed by atoms with Gasteiger partial charge in [0.25, 0.3) is 0 Å². The summed E-state index contributed by atoms with van der Waals surface area (Å²) in [6, 6.07) is 2.96. The van der Waals surface area contributed by atoms with Crippen LogP contribution in [-0.2, 0) is 4.74 Å². The molecule has 0 radical (unpaired) electrons. The highest BCUT2D eigenvalue weighted by atomic mass is 16.6. The zero-order valence-electron chi connectivity index (χ0n) is 11.3. The Kier molecular flexibility index (Phi) is 3.79. The molecule has 1 rings (SSSR count). The summed E-state index contributed by atoms with van der Waals surface area (Å²) in [4.78, 5) is 22.9. The third kappa shape index (κ3) is 3.32. The largest absolute Gasteiger partial charge is 0.478 e. The summed E-state index contributed by atoms with van der Waals surface area (Å²) >= 11 is 0. The van der Waals surface area contributed by atoms with Crippen LogP contribution in [0.25, 0.3) is 0 Å². The summed E-state index contributed by atoms with van der Waals surface area (Å²) in [6.45, 7) is 8.79. The van der Waals surface area contributed by atoms with E-state index in [2.05, 4.69) is 0 Å². The number of ether oxygens (including phenoxy) is 1. The Morgan fingerprint density at radius 1 is 1.11 bits per heavy atom. The number of hydrogen-bond acceptors (Lipinski definition) is 3. The molecule has 0 aliphatic rings. The molecule has 0 heterocycles. The number of esters is 1. The molecule has 0 amide bonds. The number of benzene rings is 1. The van der Waals surface area contributed by atoms with Crippen LogP contribution in [0.15, 0.2) is 12.1 Å². The van der Waals surface area contributed by atoms with Gasteiger partial charge in [-0.25, -0.2) is 9.59 Å². The Labute approximate surface area is 107 Å². The SMILES string of the molecule is Cc1cc(C(=O)O)cc(C)c1C(=O)OC(C)(C)C. The van der Waals surface area contributed by atoms with Gasteiger partial charge >= 0.3 is 11.9 Å². The molecular weight excluding hydrogens is 232 g/mol. The zero-order chi connectivity index (χ0) is 14.1. The Morgan fingerprint density at radius 3 is 1.89 bits per heavy atom. The first-order chi connectivity index (χ1) is 8.11. The van der Waals surface area contributed by atoms with E-state index in [0.29, 0.717) is 16.7 Å². The summed E-state index contributed by atoms with van der Waals surface area (Å²) in [5, 5.41) is 8.93. The Balaban J connectivity index is 3.19. The van der Waals surface area contributed by atoms with Crippen molar-refractivity contribution < 1.29 is 19.4 Å². The third-order valence-corrected chi connectivity index (χ3v) is 2.38. The van der Waals surface area contributed by atoms with Gasteiger partial charge in [0.2, 0.25) is 0 Å². The lowest BCUT2D eigenvalue weighted by Crippen LogP contribution is -2.25. The van der Waals surface area contributed by atoms with Crippen LogP contribution in [0.2, 0.25) is 0 Å². The molecular formula is C14H18O4. The highest BCUT2D eigenvalue weighted by molar-refractivity contribution is 5.95. The van der Waals surface area contributed by atoms with Crippen molar-refractivity contribution in [3.63, 3.8) is 0 Å². The van der Waals surface area contributed by atoms with Gasteiger partial charge < -0.3 is 9.84 Å². The average molecular weight is 250 g/mol. The molecule has 0 saturated carbocycles. The standard InChI is InChI=1S/C14H18O4/c1-8-6-10(12(15)16)7-9(2)11(8)13(17)18-14(3,4)5/h6-7H,1-5H3,(H,15,16). The van der Waals surface area contributed by atoms with Crippen LogP contribution in [0, 0.1) is 13.8 Å². The molecule has 0 aliphatic heterocycles. The number of rotatable bonds is 2. The summed E-state index contributed by atoms with van der Waals surface area (Å²) < 4.78 is 5.30. The molecule has 1 N–H and O–H groups in total. The van der Waals surface area contributed by atoms with Gasteiger partial charge in [-0.3, -0.25) is 0 Å². The van der Waals surface area contributed by atoms with Gasteiger partial charge in [0.05, 0.1) is 11.1 Å². The number of carboxylic acid groups (broad SMARTS) is 1. The first-order valence-electron chi connectivity index (χ1n) is 5.69. The van der Waals surface area contributed by atoms with E-state index in [9.17, 15) is 9.59 Å². The molecule has 4 heteroatoms. The second kappa shape index (κ2) is 4.80. The van der Waals surface area contributed by atoms with Crippen molar-refractivity contribution in [2.75, 3.05) is 0 Å². The van der Waals surface area contributed by atoms with Gasteiger partial charge in [0.15, 0.2) is 0 Å². The molecule has 0 saturated heterocycles. The van der Waals surface area contributed by atoms with Crippen LogP contribution in [0.1, 0.15) is 52.6 Å². The summed E-state index contributed by atoms with van der Waals surface area (Å²) in [6.07, 6.45) is 0. The lowest BCUT2D eigenvalue weighted by atomic mass is 9.99. The first-order valence-corrected chi connectivity index (χ1v) is 5.69. The van der Waals surface area contributed by atoms with Crippen LogP contribution < -0.4 is 0 Å². The first kappa shape index (κ1) is 14.2. The molecule has 0 atom stereocenters. The molecule has 0 spiro atoms. The highest BCUT2D eigenvalue weighted by Crippen LogP contribution is 2.20. The van der Waals surface area contributed by atoms with Gasteiger partial charge in [0.1, 0.15) is 5.60 Å². The number of carbonyl (C=O) groups is 2. The molecule has 0 aromatic heterocycles. The monoisotopic (exact) mass is 250 g/mol. The maximum atomic E-state index is 12.0. The van der Waals surface area contributed by atoms with E-state index in [4.69, 9.17) is 9.84 Å². The van der Waals surface area contributed by atoms with Crippen molar-refractivity contribution >= 4 is 11.9 Å². The van der Waals surface area contributed by atoms with E-state index >= 15 is 0 Å². The van der Waals surface area contributed by atoms with Crippen LogP contribution in [0.4, 0.5) is 0 Å². The lowest BCUT2D eigenvalue weighted by Gasteiger charge is -2.21. The fourth-order valence-electron chi connectivity index (χ4n) is 1.74. The number of hydrogen-bond donors (Lipinski definition) is 1. The van der Waals surface area contributed by atoms with Gasteiger partial charge in [-0.1, -0.05) is 0 Å². The number of aryl methyl sites for hydroxylation is 2. The molecule has 0 bridgehead atoms. The molecule has 1 aromatic carbocycles. The smallest absolute Gasteiger partial charge is 0.339 e. The number of carboxylic acids is 1. The second-order valence-corrected chi connectivity index (χ2v) is 5.29. The van der Waals surface area contributed by atoms with Crippen molar-refractivity contribution in [1.29, 1.82) is 0 Å². The summed E-state index contributed by atoms with van der Waals surface area (Å²) in [5.74, 6) is -1.42. The Hall–Kier alpha value is -1.84. The van der Waals surface area contributed by atoms with Crippen molar-refractivity contribution in [1.82, 2.24) is 0 Å². The minimum atomic E-state index is -1.00. The number of carbonyl (C=O) groups excluding carboxylic acids is 1. The molecule has 4 nitrogen and oxygen atoms in total. The fourth-order valence-corrected chi connectivity index (χ4v) is 1.74. The minimum absolute atomic E-state index is 0.178. The Bertz CT molecular complexity index is 472. The molecule has 0 aliphatic carbocycles. The van der Waals surface area contributed by atoms with Gasteiger partial charge in [-0.15, -0.1) is 0 Å². The molecule has 0 fully saturated rings. The predicted octanol–water partition coefficient (Wildman–Crippen LogP) is 2.96. The topological polar surface area (TPSA) is 63.6 Å². The van der Waals surface area contributed by atoms with Crippen LogP contribution in [0.5, 0.6) is 0 Å². The van der Waals surface area contributed by atoms with E-state index < -0.39 is 17.5 Å². The fraction of sp³-hybridized carbons (Fsp3) is 0.429. The quantitative estimate of drug-likeness (QED) is 0.819. The third-order valence-electron chi connectivity index (χ3n) is 2.38. The summed E-state index contributed by atoms with van der Waals surface area (Å²) in [7, 11) is 0. The van der Waals surface area contributed by atoms with Gasteiger partial charge in [-0.05, 0) is 57.9 Å². The van der Waals surface area contributed by atoms with Gasteiger partial charge in [0, 0.05) is 0 Å². The number of aromatic carboxylic acids is 1. The maximum Gasteiger partial charge on any atom is 0.339 e. The van der Waals surface area contributed by atoms with E-state index in [1.165, 1.54) is 12.1 Å². The molecule has 98 valence electrons. The van der Waals surface area contributed by atoms with Crippen molar-refractivity contribution in [2.24, 2.45) is 0 Å². The molecule has 18 heavy (non-hydrogen) atoms. The van der Waals surface area contributed by atoms with E-state index in [1.807, 2.05) is 0 Å². The zero-order valence-corrected chi connectivity index (χ0v) is 11.3. The molecule has 0 unspecified atom stereocenters. The van der Waals surface area contributed by atoms with Crippen molar-refractivity contribution in [3.8, 4) is 0 Å². The average Bonchev–Trinajstić information content (AvgIpc) is 2.12. The Morgan fingerprint density at radius 2 is 1.56 bits per heavy atom. The predicted molar refractivity (Wildman–Crippen MR) is 68.0 cm³/mol. The van der Waals surface area contributed by atoms with E-state index in [-0.39, 0.29) is 5.56 Å². The minimum Gasteiger partial charge on any atom is -0.478 e. The second-order valence-electron chi connectivity index (χ2n) is 5.29. The van der Waals surface area contributed by atoms with Crippen molar-refractivity contribution in [2.45, 2.75) is 40.2 Å². The lowest BCUT2D eigenvalue weighted by molar-refractivity contribution is 0.00675. The summed E-state index contributed by atoms with van der Waals surface area (Å²) in [5.41, 5.74) is 1.28. The van der Waals surface area contributed by atoms with Crippen molar-refractivity contribution in [3.05, 3.63) is 34.4 Å². The maximum absolute atomic E-state index is 12.0. The van der Waals surface area contributed by atoms with Gasteiger partial charge in [-0.2, -0.15) is 0 Å². The van der Waals surface area contributed by atoms with Crippen LogP contribution >= 0.6 is 0 Å². The normalized spacial score (nSPS) is 11.2. The van der Waals surface area contributed by atoms with E-state index in [0.717, 1.165) is 0 Å². The van der Waals surface area contributed by atoms with Crippen LogP contribution in [-0.4, -0.2) is 22.6 Å². The molecule has 1 aromatic rings. The van der Waals surface area contributed by atoms with E-state index in [1.54, 1.807) is 34.6 Å². The van der Waals surface area contributed by atoms with Crippen LogP contribution in [0.3, 0.4) is 0 Å². The highest BCUT2D eigenvalue weighted by Gasteiger charge is 2.22.